The molecule has 4 aliphatic carbocycles. The zero-order valence-electron chi connectivity index (χ0n) is 23.3. The molecule has 0 heterocycles. The van der Waals surface area contributed by atoms with Crippen LogP contribution in [0.1, 0.15) is 85.5 Å². The van der Waals surface area contributed by atoms with E-state index in [0.29, 0.717) is 46.9 Å². The molecular weight excluding hydrogens is 482 g/mol. The van der Waals surface area contributed by atoms with E-state index >= 15 is 0 Å². The molecule has 0 amide bonds. The molecule has 0 spiro atoms. The summed E-state index contributed by atoms with van der Waals surface area (Å²) in [5, 5.41) is 22.4. The highest BCUT2D eigenvalue weighted by Crippen LogP contribution is 2.69. The van der Waals surface area contributed by atoms with Gasteiger partial charge in [0.1, 0.15) is 0 Å². The topological polar surface area (TPSA) is 86.6 Å². The van der Waals surface area contributed by atoms with Gasteiger partial charge in [0, 0.05) is 6.54 Å². The zero-order valence-corrected chi connectivity index (χ0v) is 24.1. The Bertz CT molecular complexity index is 1050. The highest BCUT2D eigenvalue weighted by molar-refractivity contribution is 7.89. The van der Waals surface area contributed by atoms with Crippen LogP contribution < -0.4 is 4.72 Å². The molecule has 1 aromatic carbocycles. The first-order valence-corrected chi connectivity index (χ1v) is 16.4. The van der Waals surface area contributed by atoms with Crippen LogP contribution >= 0.6 is 0 Å². The van der Waals surface area contributed by atoms with Crippen molar-refractivity contribution < 1.29 is 18.6 Å². The predicted octanol–water partition coefficient (Wildman–Crippen LogP) is 5.62. The van der Waals surface area contributed by atoms with Crippen molar-refractivity contribution in [1.82, 2.24) is 4.72 Å². The molecule has 208 valence electrons. The number of fused-ring (bicyclic) bond motifs is 5. The van der Waals surface area contributed by atoms with Crippen LogP contribution in [-0.4, -0.2) is 37.4 Å². The van der Waals surface area contributed by atoms with Gasteiger partial charge in [-0.2, -0.15) is 0 Å². The van der Waals surface area contributed by atoms with Gasteiger partial charge in [-0.25, -0.2) is 13.1 Å². The third-order valence-corrected chi connectivity index (χ3v) is 13.6. The molecule has 0 aliphatic heterocycles. The molecule has 6 unspecified atom stereocenters. The molecule has 6 heteroatoms. The molecular formula is C31H49NO4S. The second kappa shape index (κ2) is 10.2. The van der Waals surface area contributed by atoms with Gasteiger partial charge in [0.05, 0.1) is 17.1 Å². The fourth-order valence-electron chi connectivity index (χ4n) is 10.2. The number of nitrogens with one attached hydrogen (secondary N) is 1. The van der Waals surface area contributed by atoms with E-state index in [0.717, 1.165) is 32.1 Å². The van der Waals surface area contributed by atoms with Crippen molar-refractivity contribution in [3.8, 4) is 0 Å². The highest BCUT2D eigenvalue weighted by Gasteiger charge is 2.64. The largest absolute Gasteiger partial charge is 0.393 e. The van der Waals surface area contributed by atoms with Crippen molar-refractivity contribution in [2.24, 2.45) is 52.3 Å². The highest BCUT2D eigenvalue weighted by atomic mass is 32.2. The van der Waals surface area contributed by atoms with Crippen LogP contribution in [0.4, 0.5) is 0 Å². The maximum Gasteiger partial charge on any atom is 0.240 e. The Hall–Kier alpha value is -0.950. The summed E-state index contributed by atoms with van der Waals surface area (Å²) in [6.45, 7) is 9.99. The summed E-state index contributed by atoms with van der Waals surface area (Å²) in [6.07, 6.45) is 8.95. The number of aliphatic hydroxyl groups excluding tert-OH is 2. The molecule has 0 saturated heterocycles. The Morgan fingerprint density at radius 3 is 2.35 bits per heavy atom. The number of aliphatic hydroxyl groups is 2. The molecule has 0 radical (unpaired) electrons. The normalized spacial score (nSPS) is 44.5. The summed E-state index contributed by atoms with van der Waals surface area (Å²) in [5.41, 5.74) is 0.431. The molecule has 4 fully saturated rings. The van der Waals surface area contributed by atoms with Crippen molar-refractivity contribution in [3.05, 3.63) is 30.3 Å². The number of benzene rings is 1. The smallest absolute Gasteiger partial charge is 0.240 e. The molecule has 5 rings (SSSR count). The Morgan fingerprint density at radius 2 is 1.65 bits per heavy atom. The van der Waals surface area contributed by atoms with Gasteiger partial charge < -0.3 is 10.2 Å². The monoisotopic (exact) mass is 531 g/mol. The third kappa shape index (κ3) is 4.62. The first-order valence-electron chi connectivity index (χ1n) is 14.9. The molecule has 37 heavy (non-hydrogen) atoms. The molecule has 1 aromatic rings. The van der Waals surface area contributed by atoms with Gasteiger partial charge in [-0.15, -0.1) is 0 Å². The van der Waals surface area contributed by atoms with Crippen LogP contribution in [0.3, 0.4) is 0 Å². The molecule has 5 nitrogen and oxygen atoms in total. The van der Waals surface area contributed by atoms with Crippen molar-refractivity contribution in [2.75, 3.05) is 6.54 Å². The molecule has 4 aliphatic rings. The molecule has 0 aromatic heterocycles. The fraction of sp³-hybridized carbons (Fsp3) is 0.806. The van der Waals surface area contributed by atoms with Crippen LogP contribution in [0, 0.1) is 52.3 Å². The van der Waals surface area contributed by atoms with Gasteiger partial charge in [-0.3, -0.25) is 0 Å². The van der Waals surface area contributed by atoms with E-state index < -0.39 is 10.0 Å². The van der Waals surface area contributed by atoms with Crippen molar-refractivity contribution in [2.45, 2.75) is 103 Å². The maximum absolute atomic E-state index is 12.7. The van der Waals surface area contributed by atoms with Gasteiger partial charge in [0.15, 0.2) is 0 Å². The standard InChI is InChI=1S/C31H49NO4S/c1-5-23-27-19-21(33)13-16-31(27,4)26-14-17-30(3)24(11-12-25(30)28(26)29(23)34)20(2)15-18-32-37(35,36)22-9-7-6-8-10-22/h6-10,20-21,23-29,32-34H,5,11-19H2,1-4H3/t20-,21-,23-,24?,25?,26?,27?,28+,29-,30?,31?/m1/s1. The number of hydrogen-bond acceptors (Lipinski definition) is 4. The van der Waals surface area contributed by atoms with Crippen LogP contribution in [0.25, 0.3) is 0 Å². The predicted molar refractivity (Wildman–Crippen MR) is 147 cm³/mol. The lowest BCUT2D eigenvalue weighted by atomic mass is 9.41. The Balaban J connectivity index is 1.30. The summed E-state index contributed by atoms with van der Waals surface area (Å²) in [4.78, 5) is 0.327. The molecule has 3 N–H and O–H groups in total. The van der Waals surface area contributed by atoms with E-state index in [1.54, 1.807) is 24.3 Å². The minimum atomic E-state index is -3.47. The minimum Gasteiger partial charge on any atom is -0.393 e. The third-order valence-electron chi connectivity index (χ3n) is 12.1. The van der Waals surface area contributed by atoms with E-state index in [1.165, 1.54) is 25.7 Å². The van der Waals surface area contributed by atoms with E-state index in [2.05, 4.69) is 32.4 Å². The van der Waals surface area contributed by atoms with E-state index in [-0.39, 0.29) is 29.0 Å². The molecule has 0 bridgehead atoms. The van der Waals surface area contributed by atoms with Crippen molar-refractivity contribution in [1.29, 1.82) is 0 Å². The average molecular weight is 532 g/mol. The van der Waals surface area contributed by atoms with Crippen LogP contribution in [-0.2, 0) is 10.0 Å². The van der Waals surface area contributed by atoms with E-state index in [1.807, 2.05) is 6.07 Å². The molecule has 11 atom stereocenters. The SMILES string of the molecule is CC[C@@H]1C2C[C@H](O)CCC2(C)C2CCC3(C)C(CCC3[C@H](C)CCNS(=O)(=O)c3ccccc3)[C@@H]2[C@@H]1O. The average Bonchev–Trinajstić information content (AvgIpc) is 3.23. The first-order chi connectivity index (χ1) is 17.5. The number of rotatable bonds is 7. The van der Waals surface area contributed by atoms with Crippen LogP contribution in [0.15, 0.2) is 35.2 Å². The summed E-state index contributed by atoms with van der Waals surface area (Å²) in [5.74, 6) is 3.14. The van der Waals surface area contributed by atoms with Crippen LogP contribution in [0.5, 0.6) is 0 Å². The Kier molecular flexibility index (Phi) is 7.63. The zero-order chi connectivity index (χ0) is 26.6. The van der Waals surface area contributed by atoms with Crippen LogP contribution in [0.2, 0.25) is 0 Å². The Morgan fingerprint density at radius 1 is 0.973 bits per heavy atom. The fourth-order valence-corrected chi connectivity index (χ4v) is 11.3. The quantitative estimate of drug-likeness (QED) is 0.426. The van der Waals surface area contributed by atoms with Crippen molar-refractivity contribution in [3.63, 3.8) is 0 Å². The first kappa shape index (κ1) is 27.6. The number of sulfonamides is 1. The second-order valence-corrected chi connectivity index (χ2v) is 15.4. The minimum absolute atomic E-state index is 0.204. The van der Waals surface area contributed by atoms with Gasteiger partial charge >= 0.3 is 0 Å². The lowest BCUT2D eigenvalue weighted by Crippen LogP contribution is -2.62. The lowest BCUT2D eigenvalue weighted by Gasteiger charge is -2.64. The summed E-state index contributed by atoms with van der Waals surface area (Å²) >= 11 is 0. The van der Waals surface area contributed by atoms with Crippen molar-refractivity contribution >= 4 is 10.0 Å². The lowest BCUT2D eigenvalue weighted by molar-refractivity contribution is -0.203. The van der Waals surface area contributed by atoms with Gasteiger partial charge in [0.2, 0.25) is 10.0 Å². The second-order valence-electron chi connectivity index (χ2n) is 13.6. The van der Waals surface area contributed by atoms with Gasteiger partial charge in [-0.1, -0.05) is 52.3 Å². The molecule has 4 saturated carbocycles. The summed E-state index contributed by atoms with van der Waals surface area (Å²) in [6, 6.07) is 8.63. The number of hydrogen-bond donors (Lipinski definition) is 3. The summed E-state index contributed by atoms with van der Waals surface area (Å²) < 4.78 is 28.2. The van der Waals surface area contributed by atoms with E-state index in [4.69, 9.17) is 0 Å². The van der Waals surface area contributed by atoms with Gasteiger partial charge in [-0.05, 0) is 116 Å². The van der Waals surface area contributed by atoms with E-state index in [9.17, 15) is 18.6 Å². The maximum atomic E-state index is 12.7. The Labute approximate surface area is 224 Å². The summed E-state index contributed by atoms with van der Waals surface area (Å²) in [7, 11) is -3.47. The van der Waals surface area contributed by atoms with Gasteiger partial charge in [0.25, 0.3) is 0 Å².